The van der Waals surface area contributed by atoms with Crippen LogP contribution in [0.25, 0.3) is 11.1 Å². The molecule has 26 heavy (non-hydrogen) atoms. The first-order chi connectivity index (χ1) is 12.8. The number of methoxy groups -OCH3 is 3. The summed E-state index contributed by atoms with van der Waals surface area (Å²) in [4.78, 5) is 0. The van der Waals surface area contributed by atoms with Crippen molar-refractivity contribution in [2.45, 2.75) is 18.9 Å². The highest BCUT2D eigenvalue weighted by atomic mass is 16.7. The Hall–Kier alpha value is -2.60. The van der Waals surface area contributed by atoms with Crippen LogP contribution in [0.1, 0.15) is 22.7 Å². The summed E-state index contributed by atoms with van der Waals surface area (Å²) in [6.07, 6.45) is 1.78. The van der Waals surface area contributed by atoms with Crippen molar-refractivity contribution in [2.75, 3.05) is 34.7 Å². The molecule has 6 nitrogen and oxygen atoms in total. The van der Waals surface area contributed by atoms with Gasteiger partial charge in [0.05, 0.1) is 21.3 Å². The number of fused-ring (bicyclic) bond motifs is 3. The summed E-state index contributed by atoms with van der Waals surface area (Å²) in [5, 5.41) is 3.64. The molecule has 136 valence electrons. The molecule has 2 heterocycles. The Morgan fingerprint density at radius 2 is 1.69 bits per heavy atom. The lowest BCUT2D eigenvalue weighted by atomic mass is 9.76. The zero-order valence-corrected chi connectivity index (χ0v) is 15.1. The van der Waals surface area contributed by atoms with Crippen molar-refractivity contribution in [1.29, 1.82) is 0 Å². The minimum atomic E-state index is 0.218. The van der Waals surface area contributed by atoms with E-state index >= 15 is 0 Å². The third-order valence-electron chi connectivity index (χ3n) is 5.53. The van der Waals surface area contributed by atoms with Crippen LogP contribution in [-0.2, 0) is 12.8 Å². The predicted octanol–water partition coefficient (Wildman–Crippen LogP) is 2.85. The van der Waals surface area contributed by atoms with Crippen LogP contribution >= 0.6 is 0 Å². The van der Waals surface area contributed by atoms with Crippen molar-refractivity contribution in [3.8, 4) is 39.9 Å². The van der Waals surface area contributed by atoms with E-state index in [-0.39, 0.29) is 12.8 Å². The maximum absolute atomic E-state index is 5.82. The molecule has 0 aromatic heterocycles. The van der Waals surface area contributed by atoms with Crippen LogP contribution in [-0.4, -0.2) is 34.7 Å². The van der Waals surface area contributed by atoms with E-state index in [0.29, 0.717) is 11.5 Å². The highest BCUT2D eigenvalue weighted by Gasteiger charge is 2.37. The molecule has 0 bridgehead atoms. The second-order valence-corrected chi connectivity index (χ2v) is 6.69. The summed E-state index contributed by atoms with van der Waals surface area (Å²) in [5.41, 5.74) is 5.85. The van der Waals surface area contributed by atoms with Gasteiger partial charge >= 0.3 is 0 Å². The molecule has 0 amide bonds. The van der Waals surface area contributed by atoms with Crippen LogP contribution in [0.5, 0.6) is 28.7 Å². The lowest BCUT2D eigenvalue weighted by Crippen LogP contribution is -2.34. The Bertz CT molecular complexity index is 908. The Balaban J connectivity index is 1.87. The zero-order chi connectivity index (χ0) is 17.8. The second-order valence-electron chi connectivity index (χ2n) is 6.69. The van der Waals surface area contributed by atoms with E-state index in [1.54, 1.807) is 21.3 Å². The van der Waals surface area contributed by atoms with E-state index in [0.717, 1.165) is 47.8 Å². The van der Waals surface area contributed by atoms with Gasteiger partial charge in [-0.25, -0.2) is 0 Å². The van der Waals surface area contributed by atoms with Gasteiger partial charge in [-0.2, -0.15) is 0 Å². The molecular formula is C20H21NO5. The van der Waals surface area contributed by atoms with Crippen molar-refractivity contribution in [3.05, 3.63) is 28.8 Å². The first-order valence-corrected chi connectivity index (χ1v) is 8.77. The Kier molecular flexibility index (Phi) is 3.43. The van der Waals surface area contributed by atoms with E-state index in [9.17, 15) is 0 Å². The monoisotopic (exact) mass is 355 g/mol. The SMILES string of the molecule is COc1c2c3c(c(OC)c1OC)-c1cc4c(cc1CC3NCC2)OCO4. The maximum atomic E-state index is 5.82. The Morgan fingerprint density at radius 1 is 0.962 bits per heavy atom. The fraction of sp³-hybridized carbons (Fsp3) is 0.400. The third-order valence-corrected chi connectivity index (χ3v) is 5.53. The molecule has 1 N–H and O–H groups in total. The standard InChI is InChI=1S/C20H21NO5/c1-22-18-11-4-5-21-13-6-10-7-14-15(26-9-25-14)8-12(10)17(16(11)13)19(23-2)20(18)24-3/h7-8,13,21H,4-6,9H2,1-3H3. The summed E-state index contributed by atoms with van der Waals surface area (Å²) in [6.45, 7) is 1.17. The molecule has 2 aromatic rings. The van der Waals surface area contributed by atoms with Crippen molar-refractivity contribution in [2.24, 2.45) is 0 Å². The average molecular weight is 355 g/mol. The molecule has 6 heteroatoms. The van der Waals surface area contributed by atoms with E-state index in [1.165, 1.54) is 16.7 Å². The predicted molar refractivity (Wildman–Crippen MR) is 95.8 cm³/mol. The van der Waals surface area contributed by atoms with Crippen LogP contribution in [0.3, 0.4) is 0 Å². The molecule has 0 fully saturated rings. The van der Waals surface area contributed by atoms with Gasteiger partial charge < -0.3 is 29.0 Å². The van der Waals surface area contributed by atoms with Gasteiger partial charge in [-0.3, -0.25) is 0 Å². The van der Waals surface area contributed by atoms with Crippen LogP contribution < -0.4 is 29.0 Å². The highest BCUT2D eigenvalue weighted by molar-refractivity contribution is 5.87. The van der Waals surface area contributed by atoms with Crippen molar-refractivity contribution >= 4 is 0 Å². The van der Waals surface area contributed by atoms with E-state index in [1.807, 2.05) is 0 Å². The fourth-order valence-corrected chi connectivity index (χ4v) is 4.50. The zero-order valence-electron chi connectivity index (χ0n) is 15.1. The molecule has 0 saturated carbocycles. The number of benzene rings is 2. The molecule has 0 saturated heterocycles. The number of rotatable bonds is 3. The molecule has 3 aliphatic rings. The Morgan fingerprint density at radius 3 is 2.42 bits per heavy atom. The molecule has 1 aliphatic carbocycles. The summed E-state index contributed by atoms with van der Waals surface area (Å²) < 4.78 is 28.5. The fourth-order valence-electron chi connectivity index (χ4n) is 4.50. The summed E-state index contributed by atoms with van der Waals surface area (Å²) in [7, 11) is 5.01. The van der Waals surface area contributed by atoms with E-state index in [4.69, 9.17) is 23.7 Å². The van der Waals surface area contributed by atoms with Crippen LogP contribution in [0.4, 0.5) is 0 Å². The lowest BCUT2D eigenvalue weighted by molar-refractivity contribution is 0.174. The molecule has 0 radical (unpaired) electrons. The van der Waals surface area contributed by atoms with Gasteiger partial charge in [0.15, 0.2) is 23.0 Å². The van der Waals surface area contributed by atoms with Crippen LogP contribution in [0, 0.1) is 0 Å². The molecular weight excluding hydrogens is 334 g/mol. The number of nitrogens with one attached hydrogen (secondary N) is 1. The van der Waals surface area contributed by atoms with Gasteiger partial charge in [-0.1, -0.05) is 0 Å². The Labute approximate surface area is 152 Å². The summed E-state index contributed by atoms with van der Waals surface area (Å²) in [5.74, 6) is 3.71. The molecule has 0 spiro atoms. The van der Waals surface area contributed by atoms with Crippen molar-refractivity contribution in [3.63, 3.8) is 0 Å². The topological polar surface area (TPSA) is 58.2 Å². The van der Waals surface area contributed by atoms with Gasteiger partial charge in [0.25, 0.3) is 0 Å². The van der Waals surface area contributed by atoms with Crippen molar-refractivity contribution in [1.82, 2.24) is 5.32 Å². The summed E-state index contributed by atoms with van der Waals surface area (Å²) in [6, 6.07) is 4.37. The van der Waals surface area contributed by atoms with Gasteiger partial charge in [-0.05, 0) is 48.2 Å². The van der Waals surface area contributed by atoms with Gasteiger partial charge in [-0.15, -0.1) is 0 Å². The second kappa shape index (κ2) is 5.71. The first kappa shape index (κ1) is 15.6. The largest absolute Gasteiger partial charge is 0.492 e. The van der Waals surface area contributed by atoms with Gasteiger partial charge in [0, 0.05) is 17.2 Å². The number of hydrogen-bond acceptors (Lipinski definition) is 6. The molecule has 2 aromatic carbocycles. The lowest BCUT2D eigenvalue weighted by Gasteiger charge is -2.36. The molecule has 2 aliphatic heterocycles. The first-order valence-electron chi connectivity index (χ1n) is 8.77. The quantitative estimate of drug-likeness (QED) is 0.914. The smallest absolute Gasteiger partial charge is 0.231 e. The van der Waals surface area contributed by atoms with Gasteiger partial charge in [0.2, 0.25) is 12.5 Å². The van der Waals surface area contributed by atoms with Crippen LogP contribution in [0.2, 0.25) is 0 Å². The molecule has 1 unspecified atom stereocenters. The molecule has 1 atom stereocenters. The minimum Gasteiger partial charge on any atom is -0.492 e. The van der Waals surface area contributed by atoms with E-state index in [2.05, 4.69) is 17.4 Å². The normalized spacial score (nSPS) is 18.8. The van der Waals surface area contributed by atoms with Gasteiger partial charge in [0.1, 0.15) is 0 Å². The average Bonchev–Trinajstić information content (AvgIpc) is 3.13. The van der Waals surface area contributed by atoms with Crippen molar-refractivity contribution < 1.29 is 23.7 Å². The number of hydrogen-bond donors (Lipinski definition) is 1. The third kappa shape index (κ3) is 1.96. The van der Waals surface area contributed by atoms with Crippen LogP contribution in [0.15, 0.2) is 12.1 Å². The van der Waals surface area contributed by atoms with E-state index < -0.39 is 0 Å². The maximum Gasteiger partial charge on any atom is 0.231 e. The summed E-state index contributed by atoms with van der Waals surface area (Å²) >= 11 is 0. The molecule has 5 rings (SSSR count). The minimum absolute atomic E-state index is 0.218. The highest BCUT2D eigenvalue weighted by Crippen LogP contribution is 2.56. The number of ether oxygens (including phenoxy) is 5.